The highest BCUT2D eigenvalue weighted by molar-refractivity contribution is 5.87. The molecule has 1 N–H and O–H groups in total. The first-order valence-electron chi connectivity index (χ1n) is 9.35. The average molecular weight is 323 g/mol. The van der Waals surface area contributed by atoms with Crippen molar-refractivity contribution in [1.82, 2.24) is 5.32 Å². The Hall–Kier alpha value is -1.32. The van der Waals surface area contributed by atoms with Gasteiger partial charge in [0.25, 0.3) is 0 Å². The smallest absolute Gasteiger partial charge is 0.328 e. The van der Waals surface area contributed by atoms with Crippen LogP contribution in [0.15, 0.2) is 12.2 Å². The number of esters is 1. The molecular weight excluding hydrogens is 290 g/mol. The summed E-state index contributed by atoms with van der Waals surface area (Å²) in [5.74, 6) is -0.344. The summed E-state index contributed by atoms with van der Waals surface area (Å²) < 4.78 is 5.18. The Morgan fingerprint density at radius 1 is 1.09 bits per heavy atom. The fourth-order valence-corrected chi connectivity index (χ4v) is 2.72. The third-order valence-electron chi connectivity index (χ3n) is 4.18. The van der Waals surface area contributed by atoms with E-state index in [1.165, 1.54) is 44.9 Å². The van der Waals surface area contributed by atoms with Crippen molar-refractivity contribution in [3.63, 3.8) is 0 Å². The molecule has 0 saturated carbocycles. The van der Waals surface area contributed by atoms with Crippen molar-refractivity contribution < 1.29 is 14.3 Å². The molecule has 1 amide bonds. The summed E-state index contributed by atoms with van der Waals surface area (Å²) >= 11 is 0. The van der Waals surface area contributed by atoms with Crippen LogP contribution in [0.25, 0.3) is 0 Å². The van der Waals surface area contributed by atoms with Crippen LogP contribution >= 0.6 is 0 Å². The van der Waals surface area contributed by atoms with E-state index >= 15 is 0 Å². The van der Waals surface area contributed by atoms with E-state index in [1.54, 1.807) is 0 Å². The number of carbonyl (C=O) groups is 2. The molecule has 1 atom stereocenters. The zero-order valence-electron chi connectivity index (χ0n) is 14.6. The van der Waals surface area contributed by atoms with Crippen molar-refractivity contribution in [2.75, 3.05) is 6.61 Å². The third kappa shape index (κ3) is 10.1. The predicted octanol–water partition coefficient (Wildman–Crippen LogP) is 4.29. The minimum Gasteiger partial charge on any atom is -0.464 e. The summed E-state index contributed by atoms with van der Waals surface area (Å²) in [6.07, 6.45) is 17.8. The minimum absolute atomic E-state index is 0.0553. The summed E-state index contributed by atoms with van der Waals surface area (Å²) in [7, 11) is 0. The molecule has 0 radical (unpaired) electrons. The molecule has 132 valence electrons. The van der Waals surface area contributed by atoms with E-state index in [0.29, 0.717) is 19.4 Å². The fourth-order valence-electron chi connectivity index (χ4n) is 2.72. The molecule has 0 aromatic carbocycles. The quantitative estimate of drug-likeness (QED) is 0.312. The highest BCUT2D eigenvalue weighted by Crippen LogP contribution is 2.10. The van der Waals surface area contributed by atoms with Gasteiger partial charge in [-0.3, -0.25) is 4.79 Å². The van der Waals surface area contributed by atoms with E-state index in [2.05, 4.69) is 24.4 Å². The van der Waals surface area contributed by atoms with Crippen LogP contribution in [0.2, 0.25) is 0 Å². The molecule has 1 aliphatic heterocycles. The highest BCUT2D eigenvalue weighted by atomic mass is 16.5. The zero-order chi connectivity index (χ0) is 16.8. The topological polar surface area (TPSA) is 55.4 Å². The average Bonchev–Trinajstić information content (AvgIpc) is 2.98. The lowest BCUT2D eigenvalue weighted by Crippen LogP contribution is -2.34. The number of carbonyl (C=O) groups excluding carboxylic acids is 2. The molecule has 0 aliphatic carbocycles. The van der Waals surface area contributed by atoms with Gasteiger partial charge in [0.15, 0.2) is 0 Å². The Labute approximate surface area is 141 Å². The van der Waals surface area contributed by atoms with Crippen molar-refractivity contribution in [2.45, 2.75) is 90.0 Å². The van der Waals surface area contributed by atoms with Crippen LogP contribution in [-0.2, 0) is 14.3 Å². The van der Waals surface area contributed by atoms with Gasteiger partial charge in [0.05, 0.1) is 6.61 Å². The second-order valence-electron chi connectivity index (χ2n) is 6.35. The van der Waals surface area contributed by atoms with Crippen molar-refractivity contribution in [1.29, 1.82) is 0 Å². The summed E-state index contributed by atoms with van der Waals surface area (Å²) in [6, 6.07) is -0.421. The van der Waals surface area contributed by atoms with Gasteiger partial charge in [-0.05, 0) is 32.1 Å². The number of allylic oxidation sites excluding steroid dienone is 2. The van der Waals surface area contributed by atoms with Crippen molar-refractivity contribution in [2.24, 2.45) is 0 Å². The van der Waals surface area contributed by atoms with Gasteiger partial charge in [0, 0.05) is 6.42 Å². The van der Waals surface area contributed by atoms with Crippen molar-refractivity contribution in [3.05, 3.63) is 12.2 Å². The number of ether oxygens (including phenoxy) is 1. The van der Waals surface area contributed by atoms with Gasteiger partial charge in [0.2, 0.25) is 5.91 Å². The summed E-state index contributed by atoms with van der Waals surface area (Å²) in [4.78, 5) is 22.7. The highest BCUT2D eigenvalue weighted by Gasteiger charge is 2.28. The van der Waals surface area contributed by atoms with E-state index < -0.39 is 6.04 Å². The normalized spacial score (nSPS) is 17.6. The molecule has 1 rings (SSSR count). The molecular formula is C19H33NO3. The lowest BCUT2D eigenvalue weighted by atomic mass is 10.1. The SMILES string of the molecule is CCCCCCCCCC=CCCCOC(=O)[C@@H]1CCC(=O)N1. The molecule has 1 heterocycles. The number of amides is 1. The number of rotatable bonds is 13. The molecule has 0 aromatic heterocycles. The molecule has 1 saturated heterocycles. The Morgan fingerprint density at radius 2 is 1.74 bits per heavy atom. The number of unbranched alkanes of at least 4 members (excludes halogenated alkanes) is 8. The van der Waals surface area contributed by atoms with Crippen LogP contribution in [0.5, 0.6) is 0 Å². The Balaban J connectivity index is 1.85. The molecule has 1 aliphatic rings. The summed E-state index contributed by atoms with van der Waals surface area (Å²) in [5, 5.41) is 2.62. The lowest BCUT2D eigenvalue weighted by Gasteiger charge is -2.09. The predicted molar refractivity (Wildman–Crippen MR) is 93.1 cm³/mol. The van der Waals surface area contributed by atoms with Crippen LogP contribution in [0.1, 0.15) is 84.0 Å². The maximum atomic E-state index is 11.6. The molecule has 0 spiro atoms. The zero-order valence-corrected chi connectivity index (χ0v) is 14.6. The first-order valence-corrected chi connectivity index (χ1v) is 9.35. The van der Waals surface area contributed by atoms with Crippen LogP contribution in [0.4, 0.5) is 0 Å². The van der Waals surface area contributed by atoms with Gasteiger partial charge < -0.3 is 10.1 Å². The number of nitrogens with one attached hydrogen (secondary N) is 1. The molecule has 0 unspecified atom stereocenters. The van der Waals surface area contributed by atoms with Gasteiger partial charge in [0.1, 0.15) is 6.04 Å². The van der Waals surface area contributed by atoms with E-state index in [1.807, 2.05) is 0 Å². The lowest BCUT2D eigenvalue weighted by molar-refractivity contribution is -0.146. The monoisotopic (exact) mass is 323 g/mol. The second kappa shape index (κ2) is 13.1. The van der Waals surface area contributed by atoms with Crippen LogP contribution < -0.4 is 5.32 Å². The van der Waals surface area contributed by atoms with Gasteiger partial charge in [-0.1, -0.05) is 57.6 Å². The van der Waals surface area contributed by atoms with Crippen LogP contribution in [0, 0.1) is 0 Å². The Bertz CT molecular complexity index is 366. The second-order valence-corrected chi connectivity index (χ2v) is 6.35. The number of hydrogen-bond acceptors (Lipinski definition) is 3. The van der Waals surface area contributed by atoms with E-state index in [4.69, 9.17) is 4.74 Å². The molecule has 1 fully saturated rings. The maximum absolute atomic E-state index is 11.6. The van der Waals surface area contributed by atoms with Gasteiger partial charge in [-0.15, -0.1) is 0 Å². The molecule has 4 nitrogen and oxygen atoms in total. The molecule has 0 bridgehead atoms. The van der Waals surface area contributed by atoms with E-state index in [-0.39, 0.29) is 11.9 Å². The van der Waals surface area contributed by atoms with E-state index in [9.17, 15) is 9.59 Å². The fraction of sp³-hybridized carbons (Fsp3) is 0.789. The third-order valence-corrected chi connectivity index (χ3v) is 4.18. The number of hydrogen-bond donors (Lipinski definition) is 1. The van der Waals surface area contributed by atoms with Crippen molar-refractivity contribution >= 4 is 11.9 Å². The summed E-state index contributed by atoms with van der Waals surface area (Å²) in [5.41, 5.74) is 0. The van der Waals surface area contributed by atoms with Crippen LogP contribution in [0.3, 0.4) is 0 Å². The van der Waals surface area contributed by atoms with Crippen LogP contribution in [-0.4, -0.2) is 24.5 Å². The largest absolute Gasteiger partial charge is 0.464 e. The summed E-state index contributed by atoms with van der Waals surface area (Å²) in [6.45, 7) is 2.69. The first-order chi connectivity index (χ1) is 11.2. The first kappa shape index (κ1) is 19.7. The van der Waals surface area contributed by atoms with Gasteiger partial charge >= 0.3 is 5.97 Å². The van der Waals surface area contributed by atoms with E-state index in [0.717, 1.165) is 19.3 Å². The molecule has 23 heavy (non-hydrogen) atoms. The van der Waals surface area contributed by atoms with Gasteiger partial charge in [-0.2, -0.15) is 0 Å². The van der Waals surface area contributed by atoms with Gasteiger partial charge in [-0.25, -0.2) is 4.79 Å². The minimum atomic E-state index is -0.421. The van der Waals surface area contributed by atoms with Crippen molar-refractivity contribution in [3.8, 4) is 0 Å². The molecule has 0 aromatic rings. The Morgan fingerprint density at radius 3 is 2.39 bits per heavy atom. The maximum Gasteiger partial charge on any atom is 0.328 e. The standard InChI is InChI=1S/C19H33NO3/c1-2-3-4-5-6-7-8-9-10-11-12-13-16-23-19(22)17-14-15-18(21)20-17/h10-11,17H,2-9,12-16H2,1H3,(H,20,21)/t17-/m0/s1. The molecule has 4 heteroatoms. The Kier molecular flexibility index (Phi) is 11.3.